The molecule has 1 unspecified atom stereocenters. The van der Waals surface area contributed by atoms with Crippen LogP contribution < -0.4 is 10.1 Å². The molecule has 2 aliphatic rings. The molecule has 0 radical (unpaired) electrons. The van der Waals surface area contributed by atoms with Crippen molar-refractivity contribution in [2.75, 3.05) is 18.5 Å². The van der Waals surface area contributed by atoms with Crippen molar-refractivity contribution in [3.8, 4) is 5.75 Å². The van der Waals surface area contributed by atoms with Gasteiger partial charge in [-0.2, -0.15) is 0 Å². The number of aryl methyl sites for hydroxylation is 1. The van der Waals surface area contributed by atoms with E-state index in [-0.39, 0.29) is 12.1 Å². The van der Waals surface area contributed by atoms with E-state index in [1.54, 1.807) is 0 Å². The van der Waals surface area contributed by atoms with Crippen molar-refractivity contribution in [2.24, 2.45) is 0 Å². The van der Waals surface area contributed by atoms with E-state index >= 15 is 0 Å². The standard InChI is InChI=1S/C15H17NO3/c1-9-6-11-7-12(19-10(2)17)8-18-15(11)13-4-3-5-16-14(9)13/h3-4,6,12,16H,5,7-8H2,1-2H3. The quantitative estimate of drug-likeness (QED) is 0.786. The van der Waals surface area contributed by atoms with E-state index in [1.807, 2.05) is 0 Å². The molecule has 0 spiro atoms. The Bertz CT molecular complexity index is 563. The van der Waals surface area contributed by atoms with Crippen molar-refractivity contribution >= 4 is 17.7 Å². The van der Waals surface area contributed by atoms with E-state index in [0.717, 1.165) is 35.5 Å². The molecule has 0 bridgehead atoms. The van der Waals surface area contributed by atoms with Crippen LogP contribution in [-0.4, -0.2) is 25.2 Å². The molecule has 19 heavy (non-hydrogen) atoms. The molecule has 1 atom stereocenters. The lowest BCUT2D eigenvalue weighted by Crippen LogP contribution is -2.31. The van der Waals surface area contributed by atoms with Crippen molar-refractivity contribution < 1.29 is 14.3 Å². The predicted molar refractivity (Wildman–Crippen MR) is 73.5 cm³/mol. The van der Waals surface area contributed by atoms with Crippen LogP contribution in [0, 0.1) is 6.92 Å². The first-order chi connectivity index (χ1) is 9.15. The van der Waals surface area contributed by atoms with Crippen LogP contribution in [0.1, 0.15) is 23.6 Å². The van der Waals surface area contributed by atoms with Gasteiger partial charge in [0.1, 0.15) is 18.5 Å². The van der Waals surface area contributed by atoms with Crippen LogP contribution in [0.25, 0.3) is 6.08 Å². The molecule has 0 aromatic heterocycles. The monoisotopic (exact) mass is 259 g/mol. The topological polar surface area (TPSA) is 47.6 Å². The van der Waals surface area contributed by atoms with Gasteiger partial charge < -0.3 is 14.8 Å². The van der Waals surface area contributed by atoms with Gasteiger partial charge in [0.05, 0.1) is 0 Å². The van der Waals surface area contributed by atoms with Crippen molar-refractivity contribution in [3.05, 3.63) is 28.8 Å². The van der Waals surface area contributed by atoms with Crippen LogP contribution in [0.4, 0.5) is 5.69 Å². The number of anilines is 1. The molecule has 2 aliphatic heterocycles. The fourth-order valence-electron chi connectivity index (χ4n) is 2.74. The lowest BCUT2D eigenvalue weighted by molar-refractivity contribution is -0.148. The summed E-state index contributed by atoms with van der Waals surface area (Å²) in [6.45, 7) is 4.79. The van der Waals surface area contributed by atoms with Crippen molar-refractivity contribution in [2.45, 2.75) is 26.4 Å². The average molecular weight is 259 g/mol. The predicted octanol–water partition coefficient (Wildman–Crippen LogP) is 2.30. The maximum Gasteiger partial charge on any atom is 0.303 e. The van der Waals surface area contributed by atoms with Gasteiger partial charge in [-0.05, 0) is 18.1 Å². The van der Waals surface area contributed by atoms with Crippen LogP contribution in [0.15, 0.2) is 12.1 Å². The normalized spacial score (nSPS) is 19.8. The van der Waals surface area contributed by atoms with Gasteiger partial charge in [0.15, 0.2) is 0 Å². The minimum Gasteiger partial charge on any atom is -0.489 e. The van der Waals surface area contributed by atoms with Crippen LogP contribution in [0.5, 0.6) is 5.75 Å². The summed E-state index contributed by atoms with van der Waals surface area (Å²) in [5.41, 5.74) is 4.57. The number of hydrogen-bond donors (Lipinski definition) is 1. The molecule has 0 fully saturated rings. The van der Waals surface area contributed by atoms with Crippen LogP contribution in [-0.2, 0) is 16.0 Å². The molecule has 1 aromatic carbocycles. The SMILES string of the molecule is CC(=O)OC1COc2c(cc(C)c3c2C=CCN3)C1. The van der Waals surface area contributed by atoms with E-state index in [4.69, 9.17) is 9.47 Å². The number of carbonyl (C=O) groups excluding carboxylic acids is 1. The van der Waals surface area contributed by atoms with Gasteiger partial charge in [-0.25, -0.2) is 0 Å². The highest BCUT2D eigenvalue weighted by Gasteiger charge is 2.26. The third-order valence-corrected chi connectivity index (χ3v) is 3.47. The first-order valence-electron chi connectivity index (χ1n) is 6.52. The van der Waals surface area contributed by atoms with E-state index in [2.05, 4.69) is 30.5 Å². The molecule has 1 N–H and O–H groups in total. The summed E-state index contributed by atoms with van der Waals surface area (Å²) in [6.07, 6.45) is 4.73. The Morgan fingerprint density at radius 3 is 3.16 bits per heavy atom. The molecule has 4 nitrogen and oxygen atoms in total. The second-order valence-electron chi connectivity index (χ2n) is 5.00. The first kappa shape index (κ1) is 12.1. The molecule has 0 saturated heterocycles. The number of esters is 1. The van der Waals surface area contributed by atoms with E-state index in [0.29, 0.717) is 6.61 Å². The number of carbonyl (C=O) groups is 1. The van der Waals surface area contributed by atoms with Crippen molar-refractivity contribution in [1.82, 2.24) is 0 Å². The summed E-state index contributed by atoms with van der Waals surface area (Å²) < 4.78 is 11.1. The molecule has 0 amide bonds. The summed E-state index contributed by atoms with van der Waals surface area (Å²) >= 11 is 0. The smallest absolute Gasteiger partial charge is 0.303 e. The molecule has 1 aromatic rings. The maximum absolute atomic E-state index is 11.0. The Hall–Kier alpha value is -1.97. The van der Waals surface area contributed by atoms with Gasteiger partial charge in [-0.1, -0.05) is 18.2 Å². The Kier molecular flexibility index (Phi) is 2.93. The number of nitrogens with one attached hydrogen (secondary N) is 1. The Balaban J connectivity index is 1.97. The van der Waals surface area contributed by atoms with Gasteiger partial charge in [-0.15, -0.1) is 0 Å². The highest BCUT2D eigenvalue weighted by atomic mass is 16.6. The van der Waals surface area contributed by atoms with Gasteiger partial charge in [-0.3, -0.25) is 4.79 Å². The largest absolute Gasteiger partial charge is 0.489 e. The van der Waals surface area contributed by atoms with Gasteiger partial charge in [0.25, 0.3) is 0 Å². The summed E-state index contributed by atoms with van der Waals surface area (Å²) in [6, 6.07) is 2.12. The second-order valence-corrected chi connectivity index (χ2v) is 5.00. The zero-order chi connectivity index (χ0) is 13.4. The lowest BCUT2D eigenvalue weighted by atomic mass is 9.94. The van der Waals surface area contributed by atoms with E-state index < -0.39 is 0 Å². The van der Waals surface area contributed by atoms with Crippen LogP contribution in [0.2, 0.25) is 0 Å². The fourth-order valence-corrected chi connectivity index (χ4v) is 2.74. The highest BCUT2D eigenvalue weighted by molar-refractivity contribution is 5.79. The van der Waals surface area contributed by atoms with E-state index in [9.17, 15) is 4.79 Å². The van der Waals surface area contributed by atoms with Crippen molar-refractivity contribution in [1.29, 1.82) is 0 Å². The summed E-state index contributed by atoms with van der Waals surface area (Å²) in [5, 5.41) is 3.37. The molecule has 4 heteroatoms. The zero-order valence-electron chi connectivity index (χ0n) is 11.2. The number of rotatable bonds is 1. The maximum atomic E-state index is 11.0. The third kappa shape index (κ3) is 2.18. The van der Waals surface area contributed by atoms with Gasteiger partial charge in [0.2, 0.25) is 0 Å². The Morgan fingerprint density at radius 1 is 1.53 bits per heavy atom. The molecule has 2 heterocycles. The van der Waals surface area contributed by atoms with E-state index in [1.165, 1.54) is 12.5 Å². The number of hydrogen-bond acceptors (Lipinski definition) is 4. The highest BCUT2D eigenvalue weighted by Crippen LogP contribution is 2.39. The fraction of sp³-hybridized carbons (Fsp3) is 0.400. The summed E-state index contributed by atoms with van der Waals surface area (Å²) in [4.78, 5) is 11.0. The number of fused-ring (bicyclic) bond motifs is 3. The second kappa shape index (κ2) is 4.61. The van der Waals surface area contributed by atoms with Crippen LogP contribution in [0.3, 0.4) is 0 Å². The summed E-state index contributed by atoms with van der Waals surface area (Å²) in [5.74, 6) is 0.667. The molecular formula is C15H17NO3. The minimum atomic E-state index is -0.256. The minimum absolute atomic E-state index is 0.178. The number of ether oxygens (including phenoxy) is 2. The number of benzene rings is 1. The first-order valence-corrected chi connectivity index (χ1v) is 6.52. The Labute approximate surface area is 112 Å². The average Bonchev–Trinajstić information content (AvgIpc) is 2.38. The molecule has 3 rings (SSSR count). The van der Waals surface area contributed by atoms with Crippen molar-refractivity contribution in [3.63, 3.8) is 0 Å². The molecular weight excluding hydrogens is 242 g/mol. The molecule has 0 saturated carbocycles. The Morgan fingerprint density at radius 2 is 2.37 bits per heavy atom. The van der Waals surface area contributed by atoms with Crippen LogP contribution >= 0.6 is 0 Å². The zero-order valence-corrected chi connectivity index (χ0v) is 11.2. The molecule has 0 aliphatic carbocycles. The summed E-state index contributed by atoms with van der Waals surface area (Å²) in [7, 11) is 0. The van der Waals surface area contributed by atoms with Gasteiger partial charge in [0, 0.05) is 31.1 Å². The van der Waals surface area contributed by atoms with Gasteiger partial charge >= 0.3 is 5.97 Å². The lowest BCUT2D eigenvalue weighted by Gasteiger charge is -2.29. The third-order valence-electron chi connectivity index (χ3n) is 3.47. The molecule has 100 valence electrons.